The molecule has 1 aliphatic heterocycles. The van der Waals surface area contributed by atoms with E-state index >= 15 is 0 Å². The molecular formula is C18H28N2O3. The van der Waals surface area contributed by atoms with Crippen molar-refractivity contribution in [2.24, 2.45) is 5.10 Å². The number of fused-ring (bicyclic) bond motifs is 1. The van der Waals surface area contributed by atoms with Gasteiger partial charge in [0.25, 0.3) is 0 Å². The van der Waals surface area contributed by atoms with Crippen LogP contribution in [0.3, 0.4) is 0 Å². The third-order valence-corrected chi connectivity index (χ3v) is 4.53. The largest absolute Gasteiger partial charge is 0.858 e. The van der Waals surface area contributed by atoms with Gasteiger partial charge in [-0.15, -0.1) is 5.10 Å². The van der Waals surface area contributed by atoms with Crippen molar-refractivity contribution in [1.29, 1.82) is 0 Å². The number of ether oxygens (including phenoxy) is 1. The van der Waals surface area contributed by atoms with Crippen molar-refractivity contribution >= 4 is 5.90 Å². The van der Waals surface area contributed by atoms with E-state index in [-0.39, 0.29) is 16.9 Å². The molecule has 1 heterocycles. The van der Waals surface area contributed by atoms with Crippen LogP contribution in [-0.4, -0.2) is 42.3 Å². The van der Waals surface area contributed by atoms with Gasteiger partial charge in [0.15, 0.2) is 0 Å². The lowest BCUT2D eigenvalue weighted by molar-refractivity contribution is -0.878. The molecule has 0 bridgehead atoms. The monoisotopic (exact) mass is 320 g/mol. The third-order valence-electron chi connectivity index (χ3n) is 4.53. The zero-order valence-electron chi connectivity index (χ0n) is 15.3. The summed E-state index contributed by atoms with van der Waals surface area (Å²) in [6, 6.07) is 0. The number of hydrogen-bond donors (Lipinski definition) is 1. The summed E-state index contributed by atoms with van der Waals surface area (Å²) in [5.41, 5.74) is 3.17. The molecule has 128 valence electrons. The molecule has 5 heteroatoms. The van der Waals surface area contributed by atoms with Crippen molar-refractivity contribution < 1.29 is 19.5 Å². The van der Waals surface area contributed by atoms with E-state index < -0.39 is 5.60 Å². The third kappa shape index (κ3) is 3.61. The Labute approximate surface area is 138 Å². The van der Waals surface area contributed by atoms with Crippen LogP contribution in [0, 0.1) is 20.8 Å². The number of phenolic OH excluding ortho intramolecular Hbond substituents is 1. The zero-order valence-corrected chi connectivity index (χ0v) is 15.3. The maximum Gasteiger partial charge on any atom is 0.127 e. The summed E-state index contributed by atoms with van der Waals surface area (Å²) in [6.45, 7) is 7.74. The lowest BCUT2D eigenvalue weighted by atomic mass is 9.85. The molecule has 1 aliphatic rings. The number of phenols is 1. The van der Waals surface area contributed by atoms with E-state index in [1.165, 1.54) is 0 Å². The summed E-state index contributed by atoms with van der Waals surface area (Å²) in [5, 5.41) is 26.6. The zero-order chi connectivity index (χ0) is 17.6. The molecule has 0 amide bonds. The van der Waals surface area contributed by atoms with E-state index in [2.05, 4.69) is 5.10 Å². The Morgan fingerprint density at radius 1 is 1.22 bits per heavy atom. The van der Waals surface area contributed by atoms with Crippen LogP contribution in [0.4, 0.5) is 0 Å². The van der Waals surface area contributed by atoms with Gasteiger partial charge >= 0.3 is 0 Å². The molecule has 1 N–H and O–H groups in total. The van der Waals surface area contributed by atoms with Gasteiger partial charge in [0.1, 0.15) is 17.1 Å². The second-order valence-corrected chi connectivity index (χ2v) is 7.70. The van der Waals surface area contributed by atoms with Crippen molar-refractivity contribution in [2.75, 3.05) is 21.1 Å². The van der Waals surface area contributed by atoms with Crippen LogP contribution in [0.25, 0.3) is 0 Å². The quantitative estimate of drug-likeness (QED) is 0.402. The molecule has 0 aromatic heterocycles. The average Bonchev–Trinajstić information content (AvgIpc) is 2.40. The lowest BCUT2D eigenvalue weighted by Gasteiger charge is -2.39. The fourth-order valence-corrected chi connectivity index (χ4v) is 3.11. The molecule has 1 aromatic carbocycles. The van der Waals surface area contributed by atoms with Gasteiger partial charge in [-0.1, -0.05) is 0 Å². The Morgan fingerprint density at radius 2 is 1.83 bits per heavy atom. The van der Waals surface area contributed by atoms with Gasteiger partial charge < -0.3 is 14.9 Å². The van der Waals surface area contributed by atoms with Crippen molar-refractivity contribution in [3.63, 3.8) is 0 Å². The molecule has 0 saturated heterocycles. The maximum absolute atomic E-state index is 12.2. The molecule has 1 atom stereocenters. The highest BCUT2D eigenvalue weighted by Gasteiger charge is 2.34. The fraction of sp³-hybridized carbons (Fsp3) is 0.611. The molecule has 1 aromatic rings. The summed E-state index contributed by atoms with van der Waals surface area (Å²) in [4.78, 5) is 0. The minimum atomic E-state index is -0.552. The number of quaternary nitrogens is 1. The first-order chi connectivity index (χ1) is 10.4. The number of aromatic hydroxyl groups is 1. The predicted octanol–water partition coefficient (Wildman–Crippen LogP) is 2.17. The predicted molar refractivity (Wildman–Crippen MR) is 89.8 cm³/mol. The lowest BCUT2D eigenvalue weighted by Crippen LogP contribution is -2.43. The van der Waals surface area contributed by atoms with E-state index in [0.717, 1.165) is 40.8 Å². The van der Waals surface area contributed by atoms with E-state index in [4.69, 9.17) is 4.74 Å². The topological polar surface area (TPSA) is 64.9 Å². The second-order valence-electron chi connectivity index (χ2n) is 7.70. The van der Waals surface area contributed by atoms with Crippen LogP contribution < -0.4 is 9.84 Å². The number of hydrogen-bond acceptors (Lipinski definition) is 4. The van der Waals surface area contributed by atoms with Gasteiger partial charge in [0.05, 0.1) is 21.1 Å². The van der Waals surface area contributed by atoms with Crippen LogP contribution in [0.5, 0.6) is 11.5 Å². The highest BCUT2D eigenvalue weighted by atomic mass is 16.5. The van der Waals surface area contributed by atoms with Crippen molar-refractivity contribution in [3.8, 4) is 11.5 Å². The number of benzene rings is 1. The molecule has 0 saturated carbocycles. The Hall–Kier alpha value is -1.75. The van der Waals surface area contributed by atoms with Gasteiger partial charge in [-0.25, -0.2) is 4.59 Å². The Morgan fingerprint density at radius 3 is 2.39 bits per heavy atom. The van der Waals surface area contributed by atoms with E-state index in [9.17, 15) is 10.2 Å². The van der Waals surface area contributed by atoms with E-state index in [0.29, 0.717) is 5.75 Å². The van der Waals surface area contributed by atoms with E-state index in [1.807, 2.05) is 48.8 Å². The summed E-state index contributed by atoms with van der Waals surface area (Å²) < 4.78 is 6.51. The smallest absolute Gasteiger partial charge is 0.127 e. The Balaban J connectivity index is 2.35. The molecule has 0 radical (unpaired) electrons. The second kappa shape index (κ2) is 5.71. The average molecular weight is 320 g/mol. The molecule has 0 unspecified atom stereocenters. The highest BCUT2D eigenvalue weighted by Crippen LogP contribution is 2.43. The number of rotatable bonds is 3. The molecule has 5 nitrogen and oxygen atoms in total. The first-order valence-corrected chi connectivity index (χ1v) is 8.02. The van der Waals surface area contributed by atoms with Crippen LogP contribution in [-0.2, 0) is 6.42 Å². The summed E-state index contributed by atoms with van der Waals surface area (Å²) >= 11 is 0. The van der Waals surface area contributed by atoms with Crippen molar-refractivity contribution in [3.05, 3.63) is 22.3 Å². The van der Waals surface area contributed by atoms with Gasteiger partial charge in [0.2, 0.25) is 0 Å². The van der Waals surface area contributed by atoms with Gasteiger partial charge in [-0.05, 0) is 57.2 Å². The van der Waals surface area contributed by atoms with Crippen LogP contribution in [0.15, 0.2) is 5.10 Å². The van der Waals surface area contributed by atoms with Crippen LogP contribution in [0.2, 0.25) is 0 Å². The summed E-state index contributed by atoms with van der Waals surface area (Å²) in [7, 11) is 5.57. The molecular weight excluding hydrogens is 292 g/mol. The molecule has 0 fully saturated rings. The minimum absolute atomic E-state index is 0.145. The first kappa shape index (κ1) is 17.6. The van der Waals surface area contributed by atoms with Gasteiger partial charge in [-0.2, -0.15) is 0 Å². The molecule has 0 spiro atoms. The SMILES string of the molecule is Cc1c(C)c2c(c(C)c1O)CC[C@](C)(CC([O-])=N[N+](C)(C)C)O2. The van der Waals surface area contributed by atoms with Crippen molar-refractivity contribution in [1.82, 2.24) is 0 Å². The molecule has 23 heavy (non-hydrogen) atoms. The minimum Gasteiger partial charge on any atom is -0.858 e. The maximum atomic E-state index is 12.2. The Kier molecular flexibility index (Phi) is 4.37. The van der Waals surface area contributed by atoms with Crippen LogP contribution >= 0.6 is 0 Å². The van der Waals surface area contributed by atoms with Crippen LogP contribution in [0.1, 0.15) is 42.0 Å². The van der Waals surface area contributed by atoms with Gasteiger partial charge in [-0.3, -0.25) is 0 Å². The number of nitrogens with zero attached hydrogens (tertiary/aromatic N) is 2. The summed E-state index contributed by atoms with van der Waals surface area (Å²) in [6.07, 6.45) is 1.80. The standard InChI is InChI=1S/C18H28N2O3/c1-11-12(2)17-14(13(3)16(11)22)8-9-18(4,23-17)10-15(21)19-20(5,6)7/h8-10H2,1-7H3,(H-,19,21,22)/t18-/m1/s1. The molecule has 2 rings (SSSR count). The van der Waals surface area contributed by atoms with E-state index in [1.54, 1.807) is 0 Å². The summed E-state index contributed by atoms with van der Waals surface area (Å²) in [5.74, 6) is 1.03. The normalized spacial score (nSPS) is 21.8. The Bertz CT molecular complexity index is 659. The first-order valence-electron chi connectivity index (χ1n) is 8.02. The fourth-order valence-electron chi connectivity index (χ4n) is 3.11. The van der Waals surface area contributed by atoms with Gasteiger partial charge in [0, 0.05) is 17.9 Å². The highest BCUT2D eigenvalue weighted by molar-refractivity contribution is 5.72. The molecule has 0 aliphatic carbocycles. The van der Waals surface area contributed by atoms with Crippen molar-refractivity contribution in [2.45, 2.75) is 52.6 Å².